The zero-order valence-corrected chi connectivity index (χ0v) is 14.7. The van der Waals surface area contributed by atoms with Crippen LogP contribution in [0, 0.1) is 0 Å². The standard InChI is InChI=1S/C19H20BrNO2/c1-3-8-15-9-4-7-12-18(15)23-13-19(22)21-14(2)16-10-5-6-11-17(16)20/h3-7,9-12,14H,1,8,13H2,2H3,(H,21,22)/t14-/m0/s1. The lowest BCUT2D eigenvalue weighted by Crippen LogP contribution is -2.31. The molecule has 0 aromatic heterocycles. The van der Waals surface area contributed by atoms with Crippen LogP contribution in [-0.4, -0.2) is 12.5 Å². The molecule has 1 N–H and O–H groups in total. The van der Waals surface area contributed by atoms with Crippen LogP contribution in [0.1, 0.15) is 24.1 Å². The summed E-state index contributed by atoms with van der Waals surface area (Å²) < 4.78 is 6.62. The molecule has 0 saturated heterocycles. The van der Waals surface area contributed by atoms with Crippen molar-refractivity contribution in [2.75, 3.05) is 6.61 Å². The van der Waals surface area contributed by atoms with Gasteiger partial charge in [0.15, 0.2) is 6.61 Å². The Morgan fingerprint density at radius 3 is 2.70 bits per heavy atom. The van der Waals surface area contributed by atoms with Crippen molar-refractivity contribution in [3.05, 3.63) is 76.8 Å². The van der Waals surface area contributed by atoms with Crippen LogP contribution in [0.25, 0.3) is 0 Å². The minimum atomic E-state index is -0.151. The van der Waals surface area contributed by atoms with E-state index in [0.29, 0.717) is 6.42 Å². The van der Waals surface area contributed by atoms with E-state index in [0.717, 1.165) is 21.3 Å². The second kappa shape index (κ2) is 8.53. The molecular weight excluding hydrogens is 354 g/mol. The van der Waals surface area contributed by atoms with Gasteiger partial charge in [-0.2, -0.15) is 0 Å². The molecule has 0 aliphatic carbocycles. The second-order valence-corrected chi connectivity index (χ2v) is 6.05. The molecule has 0 heterocycles. The predicted octanol–water partition coefficient (Wildman–Crippen LogP) is 4.43. The van der Waals surface area contributed by atoms with Crippen LogP contribution >= 0.6 is 15.9 Å². The van der Waals surface area contributed by atoms with Gasteiger partial charge in [0.25, 0.3) is 5.91 Å². The summed E-state index contributed by atoms with van der Waals surface area (Å²) in [6.07, 6.45) is 2.53. The third kappa shape index (κ3) is 4.96. The Hall–Kier alpha value is -2.07. The van der Waals surface area contributed by atoms with Gasteiger partial charge >= 0.3 is 0 Å². The lowest BCUT2D eigenvalue weighted by molar-refractivity contribution is -0.123. The van der Waals surface area contributed by atoms with Crippen LogP contribution in [0.4, 0.5) is 0 Å². The Kier molecular flexibility index (Phi) is 6.41. The van der Waals surface area contributed by atoms with Gasteiger partial charge in [-0.3, -0.25) is 4.79 Å². The number of carbonyl (C=O) groups is 1. The summed E-state index contributed by atoms with van der Waals surface area (Å²) in [6.45, 7) is 5.67. The number of allylic oxidation sites excluding steroid dienone is 1. The average Bonchev–Trinajstić information content (AvgIpc) is 2.54. The van der Waals surface area contributed by atoms with E-state index >= 15 is 0 Å². The van der Waals surface area contributed by atoms with E-state index in [2.05, 4.69) is 27.8 Å². The van der Waals surface area contributed by atoms with Crippen molar-refractivity contribution in [3.63, 3.8) is 0 Å². The molecule has 23 heavy (non-hydrogen) atoms. The number of carbonyl (C=O) groups excluding carboxylic acids is 1. The number of rotatable bonds is 7. The van der Waals surface area contributed by atoms with Crippen LogP contribution in [0.3, 0.4) is 0 Å². The topological polar surface area (TPSA) is 38.3 Å². The molecule has 0 unspecified atom stereocenters. The zero-order chi connectivity index (χ0) is 16.7. The minimum Gasteiger partial charge on any atom is -0.483 e. The molecule has 1 atom stereocenters. The van der Waals surface area contributed by atoms with Gasteiger partial charge in [0.1, 0.15) is 5.75 Å². The number of halogens is 1. The van der Waals surface area contributed by atoms with E-state index in [1.807, 2.05) is 61.5 Å². The van der Waals surface area contributed by atoms with E-state index in [9.17, 15) is 4.79 Å². The number of hydrogen-bond donors (Lipinski definition) is 1. The van der Waals surface area contributed by atoms with Gasteiger partial charge < -0.3 is 10.1 Å². The van der Waals surface area contributed by atoms with E-state index < -0.39 is 0 Å². The first-order valence-electron chi connectivity index (χ1n) is 7.47. The number of para-hydroxylation sites is 1. The Morgan fingerprint density at radius 1 is 1.26 bits per heavy atom. The summed E-state index contributed by atoms with van der Waals surface area (Å²) in [5.74, 6) is 0.567. The zero-order valence-electron chi connectivity index (χ0n) is 13.1. The molecule has 2 aromatic carbocycles. The number of hydrogen-bond acceptors (Lipinski definition) is 2. The molecule has 2 rings (SSSR count). The molecular formula is C19H20BrNO2. The SMILES string of the molecule is C=CCc1ccccc1OCC(=O)N[C@@H](C)c1ccccc1Br. The van der Waals surface area contributed by atoms with Crippen LogP contribution in [0.5, 0.6) is 5.75 Å². The van der Waals surface area contributed by atoms with E-state index in [-0.39, 0.29) is 18.6 Å². The fourth-order valence-electron chi connectivity index (χ4n) is 2.30. The molecule has 0 aliphatic rings. The lowest BCUT2D eigenvalue weighted by atomic mass is 10.1. The van der Waals surface area contributed by atoms with Crippen LogP contribution in [0.15, 0.2) is 65.7 Å². The molecule has 3 nitrogen and oxygen atoms in total. The van der Waals surface area contributed by atoms with Gasteiger partial charge in [0.2, 0.25) is 0 Å². The average molecular weight is 374 g/mol. The Bertz CT molecular complexity index is 685. The molecule has 4 heteroatoms. The largest absolute Gasteiger partial charge is 0.483 e. The van der Waals surface area contributed by atoms with Crippen LogP contribution < -0.4 is 10.1 Å². The second-order valence-electron chi connectivity index (χ2n) is 5.20. The third-order valence-corrected chi connectivity index (χ3v) is 4.17. The quantitative estimate of drug-likeness (QED) is 0.728. The smallest absolute Gasteiger partial charge is 0.258 e. The summed E-state index contributed by atoms with van der Waals surface area (Å²) in [4.78, 5) is 12.1. The van der Waals surface area contributed by atoms with Crippen LogP contribution in [-0.2, 0) is 11.2 Å². The molecule has 0 bridgehead atoms. The molecule has 0 fully saturated rings. The van der Waals surface area contributed by atoms with E-state index in [4.69, 9.17) is 4.74 Å². The molecule has 1 amide bonds. The maximum atomic E-state index is 12.1. The first-order valence-corrected chi connectivity index (χ1v) is 8.26. The van der Waals surface area contributed by atoms with Gasteiger partial charge in [-0.05, 0) is 36.6 Å². The highest BCUT2D eigenvalue weighted by Gasteiger charge is 2.13. The molecule has 0 radical (unpaired) electrons. The fraction of sp³-hybridized carbons (Fsp3) is 0.211. The van der Waals surface area contributed by atoms with Crippen molar-refractivity contribution >= 4 is 21.8 Å². The first-order chi connectivity index (χ1) is 11.1. The Morgan fingerprint density at radius 2 is 1.96 bits per heavy atom. The molecule has 0 aliphatic heterocycles. The number of amides is 1. The monoisotopic (exact) mass is 373 g/mol. The fourth-order valence-corrected chi connectivity index (χ4v) is 2.93. The molecule has 0 spiro atoms. The number of nitrogens with one attached hydrogen (secondary N) is 1. The number of ether oxygens (including phenoxy) is 1. The third-order valence-electron chi connectivity index (χ3n) is 3.44. The van der Waals surface area contributed by atoms with Crippen molar-refractivity contribution in [3.8, 4) is 5.75 Å². The Labute approximate surface area is 145 Å². The highest BCUT2D eigenvalue weighted by atomic mass is 79.9. The normalized spacial score (nSPS) is 11.6. The van der Waals surface area contributed by atoms with Crippen molar-refractivity contribution in [2.45, 2.75) is 19.4 Å². The number of benzene rings is 2. The maximum absolute atomic E-state index is 12.1. The van der Waals surface area contributed by atoms with E-state index in [1.165, 1.54) is 0 Å². The summed E-state index contributed by atoms with van der Waals surface area (Å²) >= 11 is 3.50. The van der Waals surface area contributed by atoms with Gasteiger partial charge in [-0.25, -0.2) is 0 Å². The van der Waals surface area contributed by atoms with Gasteiger partial charge in [0.05, 0.1) is 6.04 Å². The summed E-state index contributed by atoms with van der Waals surface area (Å²) in [5, 5.41) is 2.94. The highest BCUT2D eigenvalue weighted by molar-refractivity contribution is 9.10. The Balaban J connectivity index is 1.93. The summed E-state index contributed by atoms with van der Waals surface area (Å²) in [7, 11) is 0. The van der Waals surface area contributed by atoms with Gasteiger partial charge in [-0.1, -0.05) is 58.4 Å². The summed E-state index contributed by atoms with van der Waals surface area (Å²) in [5.41, 5.74) is 2.06. The molecule has 0 saturated carbocycles. The van der Waals surface area contributed by atoms with Gasteiger partial charge in [0, 0.05) is 4.47 Å². The summed E-state index contributed by atoms with van der Waals surface area (Å²) in [6, 6.07) is 15.4. The first kappa shape index (κ1) is 17.3. The minimum absolute atomic E-state index is 0.0110. The highest BCUT2D eigenvalue weighted by Crippen LogP contribution is 2.23. The van der Waals surface area contributed by atoms with Crippen LogP contribution in [0.2, 0.25) is 0 Å². The van der Waals surface area contributed by atoms with Crippen molar-refractivity contribution < 1.29 is 9.53 Å². The van der Waals surface area contributed by atoms with Crippen molar-refractivity contribution in [2.24, 2.45) is 0 Å². The lowest BCUT2D eigenvalue weighted by Gasteiger charge is -2.16. The molecule has 2 aromatic rings. The van der Waals surface area contributed by atoms with Gasteiger partial charge in [-0.15, -0.1) is 6.58 Å². The maximum Gasteiger partial charge on any atom is 0.258 e. The van der Waals surface area contributed by atoms with Crippen molar-refractivity contribution in [1.29, 1.82) is 0 Å². The van der Waals surface area contributed by atoms with E-state index in [1.54, 1.807) is 0 Å². The predicted molar refractivity (Wildman–Crippen MR) is 96.5 cm³/mol. The molecule has 120 valence electrons. The van der Waals surface area contributed by atoms with Crippen molar-refractivity contribution in [1.82, 2.24) is 5.32 Å².